The van der Waals surface area contributed by atoms with Gasteiger partial charge in [-0.2, -0.15) is 0 Å². The first kappa shape index (κ1) is 30.9. The second-order valence-electron chi connectivity index (χ2n) is 18.4. The van der Waals surface area contributed by atoms with Crippen LogP contribution in [0.2, 0.25) is 0 Å². The van der Waals surface area contributed by atoms with Crippen LogP contribution in [0.4, 0.5) is 0 Å². The summed E-state index contributed by atoms with van der Waals surface area (Å²) >= 11 is 0. The first-order valence-electron chi connectivity index (χ1n) is 17.4. The lowest BCUT2D eigenvalue weighted by Crippen LogP contribution is -2.63. The number of aliphatic hydroxyl groups excluding tert-OH is 4. The Hall–Kier alpha value is -0.360. The van der Waals surface area contributed by atoms with Crippen molar-refractivity contribution in [3.8, 4) is 0 Å². The highest BCUT2D eigenvalue weighted by Crippen LogP contribution is 2.90. The molecule has 0 aromatic carbocycles. The molecule has 17 atom stereocenters. The summed E-state index contributed by atoms with van der Waals surface area (Å²) in [7, 11) is 0. The second kappa shape index (κ2) is 9.00. The largest absolute Gasteiger partial charge is 0.393 e. The Labute approximate surface area is 262 Å². The summed E-state index contributed by atoms with van der Waals surface area (Å²) in [6.45, 7) is 15.4. The molecule has 250 valence electrons. The second-order valence-corrected chi connectivity index (χ2v) is 18.4. The highest BCUT2D eigenvalue weighted by atomic mass is 16.8. The lowest BCUT2D eigenvalue weighted by molar-refractivity contribution is -0.304. The number of hydrogen-bond acceptors (Lipinski definition) is 9. The van der Waals surface area contributed by atoms with E-state index in [1.54, 1.807) is 0 Å². The molecule has 8 fully saturated rings. The maximum atomic E-state index is 12.4. The third-order valence-electron chi connectivity index (χ3n) is 15.7. The van der Waals surface area contributed by atoms with Gasteiger partial charge in [-0.3, -0.25) is 0 Å². The van der Waals surface area contributed by atoms with E-state index in [0.717, 1.165) is 44.9 Å². The van der Waals surface area contributed by atoms with Crippen LogP contribution < -0.4 is 0 Å². The summed E-state index contributed by atoms with van der Waals surface area (Å²) in [6, 6.07) is 0. The Balaban J connectivity index is 1.10. The predicted octanol–water partition coefficient (Wildman–Crippen LogP) is 3.12. The molecule has 0 unspecified atom stereocenters. The van der Waals surface area contributed by atoms with E-state index in [1.807, 2.05) is 13.8 Å². The number of hydrogen-bond donors (Lipinski definition) is 5. The monoisotopic (exact) mass is 620 g/mol. The molecule has 8 rings (SSSR count). The molecule has 44 heavy (non-hydrogen) atoms. The molecule has 5 aliphatic carbocycles. The van der Waals surface area contributed by atoms with Crippen molar-refractivity contribution in [3.05, 3.63) is 0 Å². The van der Waals surface area contributed by atoms with E-state index in [0.29, 0.717) is 12.3 Å². The maximum Gasteiger partial charge on any atom is 0.186 e. The highest BCUT2D eigenvalue weighted by Gasteiger charge is 2.87. The molecule has 9 nitrogen and oxygen atoms in total. The quantitative estimate of drug-likeness (QED) is 0.301. The molecule has 5 saturated carbocycles. The Morgan fingerprint density at radius 1 is 0.795 bits per heavy atom. The minimum Gasteiger partial charge on any atom is -0.393 e. The number of rotatable bonds is 3. The van der Waals surface area contributed by atoms with Crippen molar-refractivity contribution in [2.45, 2.75) is 160 Å². The standard InChI is InChI=1S/C35H56O9/c1-17-12-20-27(30(4,5)40)44-35(43-20)15-32(7)26-18(36)13-21-29(2,3)22(42-28-24(39)23(38)19(37)14-41-28)8-9-33(21)16-34(26,33)11-10-31(32,6)25(17)35/h17-28,36-40H,8-16H2,1-7H3/t17-,18+,19-,20-,21-,22+,23+,24-,25+,26-,27+,28+,31-,32+,33-,34+,35-/m1/s1. The molecule has 3 aliphatic heterocycles. The van der Waals surface area contributed by atoms with Gasteiger partial charge >= 0.3 is 0 Å². The average Bonchev–Trinajstić information content (AvgIpc) is 3.38. The molecule has 2 bridgehead atoms. The Morgan fingerprint density at radius 3 is 2.23 bits per heavy atom. The van der Waals surface area contributed by atoms with Crippen LogP contribution in [0.5, 0.6) is 0 Å². The van der Waals surface area contributed by atoms with Crippen LogP contribution in [0.25, 0.3) is 0 Å². The van der Waals surface area contributed by atoms with Gasteiger partial charge in [0, 0.05) is 12.3 Å². The summed E-state index contributed by atoms with van der Waals surface area (Å²) in [5.41, 5.74) is -1.28. The number of fused-ring (bicyclic) bond motifs is 4. The molecule has 9 heteroatoms. The average molecular weight is 621 g/mol. The van der Waals surface area contributed by atoms with Gasteiger partial charge in [0.25, 0.3) is 0 Å². The van der Waals surface area contributed by atoms with Crippen LogP contribution in [-0.2, 0) is 18.9 Å². The van der Waals surface area contributed by atoms with Crippen molar-refractivity contribution in [2.75, 3.05) is 6.61 Å². The van der Waals surface area contributed by atoms with E-state index in [1.165, 1.54) is 0 Å². The topological polar surface area (TPSA) is 138 Å². The zero-order chi connectivity index (χ0) is 31.6. The van der Waals surface area contributed by atoms with Crippen molar-refractivity contribution in [2.24, 2.45) is 50.7 Å². The minimum atomic E-state index is -1.31. The molecule has 0 aromatic rings. The summed E-state index contributed by atoms with van der Waals surface area (Å²) in [4.78, 5) is 0. The Morgan fingerprint density at radius 2 is 1.52 bits per heavy atom. The normalized spacial score (nSPS) is 62.2. The van der Waals surface area contributed by atoms with Crippen LogP contribution in [0, 0.1) is 50.7 Å². The Bertz CT molecular complexity index is 1200. The van der Waals surface area contributed by atoms with Gasteiger partial charge < -0.3 is 44.5 Å². The van der Waals surface area contributed by atoms with E-state index >= 15 is 0 Å². The molecular formula is C35H56O9. The first-order chi connectivity index (χ1) is 20.4. The molecule has 0 aromatic heterocycles. The molecule has 8 aliphatic rings. The molecule has 5 N–H and O–H groups in total. The summed E-state index contributed by atoms with van der Waals surface area (Å²) in [5.74, 6) is 0.319. The van der Waals surface area contributed by atoms with Crippen molar-refractivity contribution in [1.29, 1.82) is 0 Å². The maximum absolute atomic E-state index is 12.4. The summed E-state index contributed by atoms with van der Waals surface area (Å²) in [5, 5.41) is 54.2. The SMILES string of the molecule is C[C@@H]1C[C@H]2O[C@]3(C[C@@]4(C)[C@H]5[C@@H](O)C[C@@H]6C(C)(C)[C@@H](O[C@@H]7OC[C@@H](O)[C@H](O)[C@H]7O)CC[C@@]67C[C@@]57CC[C@]4(C)[C@H]13)O[C@@H]2C(C)(C)O. The summed E-state index contributed by atoms with van der Waals surface area (Å²) < 4.78 is 25.9. The molecular weight excluding hydrogens is 564 g/mol. The molecule has 3 heterocycles. The lowest BCUT2D eigenvalue weighted by atomic mass is 9.41. The lowest BCUT2D eigenvalue weighted by Gasteiger charge is -2.64. The van der Waals surface area contributed by atoms with Crippen LogP contribution in [0.15, 0.2) is 0 Å². The molecule has 0 radical (unpaired) electrons. The van der Waals surface area contributed by atoms with Gasteiger partial charge in [-0.15, -0.1) is 0 Å². The van der Waals surface area contributed by atoms with Crippen LogP contribution in [-0.4, -0.2) is 92.5 Å². The van der Waals surface area contributed by atoms with Crippen molar-refractivity contribution in [3.63, 3.8) is 0 Å². The molecule has 0 amide bonds. The fourth-order valence-electron chi connectivity index (χ4n) is 14.0. The van der Waals surface area contributed by atoms with Crippen LogP contribution in [0.1, 0.15) is 99.8 Å². The van der Waals surface area contributed by atoms with Crippen LogP contribution >= 0.6 is 0 Å². The predicted molar refractivity (Wildman–Crippen MR) is 159 cm³/mol. The van der Waals surface area contributed by atoms with E-state index in [4.69, 9.17) is 18.9 Å². The van der Waals surface area contributed by atoms with E-state index in [2.05, 4.69) is 34.6 Å². The van der Waals surface area contributed by atoms with Gasteiger partial charge in [0.2, 0.25) is 0 Å². The number of ether oxygens (including phenoxy) is 4. The van der Waals surface area contributed by atoms with Gasteiger partial charge in [-0.25, -0.2) is 0 Å². The van der Waals surface area contributed by atoms with E-state index in [9.17, 15) is 25.5 Å². The third-order valence-corrected chi connectivity index (χ3v) is 15.7. The van der Waals surface area contributed by atoms with Gasteiger partial charge in [0.15, 0.2) is 12.1 Å². The zero-order valence-corrected chi connectivity index (χ0v) is 27.7. The first-order valence-corrected chi connectivity index (χ1v) is 17.4. The van der Waals surface area contributed by atoms with E-state index < -0.39 is 42.1 Å². The third kappa shape index (κ3) is 3.53. The van der Waals surface area contributed by atoms with Crippen molar-refractivity contribution >= 4 is 0 Å². The fourth-order valence-corrected chi connectivity index (χ4v) is 14.0. The smallest absolute Gasteiger partial charge is 0.186 e. The number of aliphatic hydroxyl groups is 5. The molecule has 3 saturated heterocycles. The molecule has 3 spiro atoms. The van der Waals surface area contributed by atoms with Gasteiger partial charge in [0.1, 0.15) is 24.4 Å². The van der Waals surface area contributed by atoms with Gasteiger partial charge in [-0.1, -0.05) is 34.6 Å². The van der Waals surface area contributed by atoms with Crippen LogP contribution in [0.3, 0.4) is 0 Å². The fraction of sp³-hybridized carbons (Fsp3) is 1.00. The zero-order valence-electron chi connectivity index (χ0n) is 27.7. The van der Waals surface area contributed by atoms with Crippen molar-refractivity contribution in [1.82, 2.24) is 0 Å². The minimum absolute atomic E-state index is 0.0465. The van der Waals surface area contributed by atoms with E-state index in [-0.39, 0.29) is 69.7 Å². The Kier molecular flexibility index (Phi) is 6.33. The highest BCUT2D eigenvalue weighted by molar-refractivity contribution is 5.34. The summed E-state index contributed by atoms with van der Waals surface area (Å²) in [6.07, 6.45) is 1.70. The van der Waals surface area contributed by atoms with Gasteiger partial charge in [0.05, 0.1) is 30.5 Å². The van der Waals surface area contributed by atoms with Crippen molar-refractivity contribution < 1.29 is 44.5 Å². The van der Waals surface area contributed by atoms with Gasteiger partial charge in [-0.05, 0) is 104 Å².